The molecule has 0 radical (unpaired) electrons. The highest BCUT2D eigenvalue weighted by atomic mass is 79.9. The largest absolute Gasteiger partial charge is 0.396 e. The van der Waals surface area contributed by atoms with E-state index < -0.39 is 10.0 Å². The van der Waals surface area contributed by atoms with Gasteiger partial charge in [0.2, 0.25) is 10.0 Å². The van der Waals surface area contributed by atoms with Crippen molar-refractivity contribution in [2.45, 2.75) is 24.7 Å². The predicted octanol–water partition coefficient (Wildman–Crippen LogP) is 2.14. The topological polar surface area (TPSA) is 66.4 Å². The maximum absolute atomic E-state index is 12.1. The van der Waals surface area contributed by atoms with Gasteiger partial charge in [0.1, 0.15) is 0 Å². The smallest absolute Gasteiger partial charge is 0.241 e. The lowest BCUT2D eigenvalue weighted by molar-refractivity contribution is 0.254. The molecule has 1 rings (SSSR count). The number of aliphatic hydroxyl groups excluding tert-OH is 1. The summed E-state index contributed by atoms with van der Waals surface area (Å²) in [5.41, 5.74) is 0. The molecule has 0 aliphatic rings. The Labute approximate surface area is 117 Å². The molecule has 0 spiro atoms. The first-order valence-corrected chi connectivity index (χ1v) is 8.14. The van der Waals surface area contributed by atoms with E-state index in [0.29, 0.717) is 17.4 Å². The van der Waals surface area contributed by atoms with Gasteiger partial charge < -0.3 is 5.11 Å². The van der Waals surface area contributed by atoms with Crippen LogP contribution in [0.15, 0.2) is 33.6 Å². The molecule has 1 atom stereocenters. The van der Waals surface area contributed by atoms with Crippen LogP contribution in [0.2, 0.25) is 0 Å². The van der Waals surface area contributed by atoms with Crippen molar-refractivity contribution in [2.24, 2.45) is 5.92 Å². The maximum Gasteiger partial charge on any atom is 0.241 e. The minimum absolute atomic E-state index is 0.0786. The molecule has 18 heavy (non-hydrogen) atoms. The lowest BCUT2D eigenvalue weighted by atomic mass is 10.0. The molecule has 0 heterocycles. The van der Waals surface area contributed by atoms with Gasteiger partial charge in [-0.1, -0.05) is 25.5 Å². The van der Waals surface area contributed by atoms with Crippen LogP contribution in [0.25, 0.3) is 0 Å². The predicted molar refractivity (Wildman–Crippen MR) is 74.8 cm³/mol. The molecular weight excluding hydrogens is 318 g/mol. The van der Waals surface area contributed by atoms with Crippen LogP contribution in [0.1, 0.15) is 19.8 Å². The molecule has 2 N–H and O–H groups in total. The minimum Gasteiger partial charge on any atom is -0.396 e. The molecule has 1 aromatic carbocycles. The van der Waals surface area contributed by atoms with Gasteiger partial charge in [-0.3, -0.25) is 0 Å². The van der Waals surface area contributed by atoms with E-state index in [0.717, 1.165) is 6.42 Å². The Morgan fingerprint density at radius 3 is 2.61 bits per heavy atom. The first kappa shape index (κ1) is 15.6. The van der Waals surface area contributed by atoms with E-state index >= 15 is 0 Å². The molecule has 0 saturated carbocycles. The zero-order valence-electron chi connectivity index (χ0n) is 10.3. The molecule has 1 unspecified atom stereocenters. The van der Waals surface area contributed by atoms with E-state index in [-0.39, 0.29) is 17.4 Å². The van der Waals surface area contributed by atoms with Gasteiger partial charge in [0, 0.05) is 17.6 Å². The monoisotopic (exact) mass is 335 g/mol. The maximum atomic E-state index is 12.1. The Morgan fingerprint density at radius 2 is 2.06 bits per heavy atom. The Hall–Kier alpha value is -0.430. The second-order valence-electron chi connectivity index (χ2n) is 4.07. The lowest BCUT2D eigenvalue weighted by Gasteiger charge is -2.15. The number of aliphatic hydroxyl groups is 1. The fraction of sp³-hybridized carbons (Fsp3) is 0.500. The number of hydrogen-bond acceptors (Lipinski definition) is 3. The zero-order chi connectivity index (χ0) is 13.6. The van der Waals surface area contributed by atoms with Gasteiger partial charge >= 0.3 is 0 Å². The number of benzene rings is 1. The second-order valence-corrected chi connectivity index (χ2v) is 6.66. The molecule has 0 fully saturated rings. The zero-order valence-corrected chi connectivity index (χ0v) is 12.7. The summed E-state index contributed by atoms with van der Waals surface area (Å²) in [5, 5.41) is 8.87. The number of halogens is 1. The van der Waals surface area contributed by atoms with Crippen LogP contribution in [0.5, 0.6) is 0 Å². The van der Waals surface area contributed by atoms with Crippen LogP contribution in [-0.2, 0) is 10.0 Å². The van der Waals surface area contributed by atoms with Gasteiger partial charge in [0.15, 0.2) is 0 Å². The van der Waals surface area contributed by atoms with E-state index in [2.05, 4.69) is 20.7 Å². The van der Waals surface area contributed by atoms with Crippen LogP contribution in [0.3, 0.4) is 0 Å². The Kier molecular flexibility index (Phi) is 6.28. The van der Waals surface area contributed by atoms with Crippen LogP contribution in [0, 0.1) is 5.92 Å². The molecule has 0 aliphatic heterocycles. The third-order valence-corrected chi connectivity index (χ3v) is 5.24. The van der Waals surface area contributed by atoms with Crippen LogP contribution in [0.4, 0.5) is 0 Å². The van der Waals surface area contributed by atoms with E-state index in [1.165, 1.54) is 0 Å². The summed E-state index contributed by atoms with van der Waals surface area (Å²) >= 11 is 3.23. The summed E-state index contributed by atoms with van der Waals surface area (Å²) in [5.74, 6) is 0.160. The molecule has 0 bridgehead atoms. The summed E-state index contributed by atoms with van der Waals surface area (Å²) in [7, 11) is -3.49. The van der Waals surface area contributed by atoms with Crippen molar-refractivity contribution in [1.29, 1.82) is 0 Å². The lowest BCUT2D eigenvalue weighted by Crippen LogP contribution is -2.29. The normalized spacial score (nSPS) is 13.5. The number of rotatable bonds is 7. The summed E-state index contributed by atoms with van der Waals surface area (Å²) in [6.07, 6.45) is 1.44. The van der Waals surface area contributed by atoms with Gasteiger partial charge in [-0.2, -0.15) is 0 Å². The summed E-state index contributed by atoms with van der Waals surface area (Å²) in [4.78, 5) is 0.240. The Morgan fingerprint density at radius 1 is 1.39 bits per heavy atom. The van der Waals surface area contributed by atoms with Crippen LogP contribution in [-0.4, -0.2) is 26.7 Å². The highest BCUT2D eigenvalue weighted by Gasteiger charge is 2.18. The van der Waals surface area contributed by atoms with Gasteiger partial charge in [-0.25, -0.2) is 13.1 Å². The molecular formula is C12H18BrNO3S. The van der Waals surface area contributed by atoms with Crippen molar-refractivity contribution in [3.63, 3.8) is 0 Å². The van der Waals surface area contributed by atoms with Crippen molar-refractivity contribution in [1.82, 2.24) is 4.72 Å². The SMILES string of the molecule is CCC(CCO)CNS(=O)(=O)c1ccccc1Br. The standard InChI is InChI=1S/C12H18BrNO3S/c1-2-10(7-8-15)9-14-18(16,17)12-6-4-3-5-11(12)13/h3-6,10,14-15H,2,7-9H2,1H3. The first-order chi connectivity index (χ1) is 8.51. The molecule has 6 heteroatoms. The van der Waals surface area contributed by atoms with Crippen LogP contribution >= 0.6 is 15.9 Å². The Balaban J connectivity index is 2.74. The first-order valence-electron chi connectivity index (χ1n) is 5.86. The average molecular weight is 336 g/mol. The van der Waals surface area contributed by atoms with Crippen LogP contribution < -0.4 is 4.72 Å². The molecule has 0 aliphatic carbocycles. The molecule has 0 aromatic heterocycles. The minimum atomic E-state index is -3.49. The fourth-order valence-electron chi connectivity index (χ4n) is 1.60. The molecule has 0 amide bonds. The molecule has 1 aromatic rings. The van der Waals surface area contributed by atoms with E-state index in [4.69, 9.17) is 5.11 Å². The quantitative estimate of drug-likeness (QED) is 0.802. The molecule has 4 nitrogen and oxygen atoms in total. The highest BCUT2D eigenvalue weighted by molar-refractivity contribution is 9.10. The van der Waals surface area contributed by atoms with E-state index in [1.807, 2.05) is 6.92 Å². The van der Waals surface area contributed by atoms with Gasteiger partial charge in [-0.15, -0.1) is 0 Å². The summed E-state index contributed by atoms with van der Waals surface area (Å²) < 4.78 is 27.3. The number of hydrogen-bond donors (Lipinski definition) is 2. The summed E-state index contributed by atoms with van der Waals surface area (Å²) in [6.45, 7) is 2.41. The average Bonchev–Trinajstić information content (AvgIpc) is 2.34. The summed E-state index contributed by atoms with van der Waals surface area (Å²) in [6, 6.07) is 6.70. The van der Waals surface area contributed by atoms with Crippen molar-refractivity contribution < 1.29 is 13.5 Å². The van der Waals surface area contributed by atoms with Gasteiger partial charge in [0.05, 0.1) is 4.90 Å². The van der Waals surface area contributed by atoms with E-state index in [1.54, 1.807) is 24.3 Å². The van der Waals surface area contributed by atoms with Crippen molar-refractivity contribution in [3.05, 3.63) is 28.7 Å². The molecule has 102 valence electrons. The second kappa shape index (κ2) is 7.23. The van der Waals surface area contributed by atoms with Gasteiger partial charge in [0.25, 0.3) is 0 Å². The number of nitrogens with one attached hydrogen (secondary N) is 1. The third-order valence-electron chi connectivity index (χ3n) is 2.80. The fourth-order valence-corrected chi connectivity index (χ4v) is 3.72. The molecule has 0 saturated heterocycles. The van der Waals surface area contributed by atoms with E-state index in [9.17, 15) is 8.42 Å². The highest BCUT2D eigenvalue weighted by Crippen LogP contribution is 2.21. The van der Waals surface area contributed by atoms with Crippen molar-refractivity contribution in [2.75, 3.05) is 13.2 Å². The third kappa shape index (κ3) is 4.35. The van der Waals surface area contributed by atoms with Crippen molar-refractivity contribution >= 4 is 26.0 Å². The Bertz CT molecular complexity index is 476. The van der Waals surface area contributed by atoms with Gasteiger partial charge in [-0.05, 0) is 40.4 Å². The van der Waals surface area contributed by atoms with Crippen molar-refractivity contribution in [3.8, 4) is 0 Å². The number of sulfonamides is 1.